The van der Waals surface area contributed by atoms with Gasteiger partial charge in [-0.25, -0.2) is 4.98 Å². The number of thiazole rings is 1. The van der Waals surface area contributed by atoms with Crippen molar-refractivity contribution in [2.24, 2.45) is 0 Å². The predicted molar refractivity (Wildman–Crippen MR) is 48.5 cm³/mol. The predicted octanol–water partition coefficient (Wildman–Crippen LogP) is 2.09. The molecule has 0 aromatic carbocycles. The lowest BCUT2D eigenvalue weighted by Gasteiger charge is -2.30. The van der Waals surface area contributed by atoms with Crippen LogP contribution in [-0.4, -0.2) is 18.1 Å². The molecule has 0 radical (unpaired) electrons. The summed E-state index contributed by atoms with van der Waals surface area (Å²) in [5.41, 5.74) is 0. The molecule has 1 aliphatic rings. The van der Waals surface area contributed by atoms with Crippen LogP contribution in [0.25, 0.3) is 0 Å². The summed E-state index contributed by atoms with van der Waals surface area (Å²) in [5, 5.41) is 1.13. The van der Waals surface area contributed by atoms with Crippen LogP contribution in [0.15, 0.2) is 6.20 Å². The molecule has 2 heterocycles. The molecule has 1 aliphatic heterocycles. The number of nitrogens with zero attached hydrogens (tertiary/aromatic N) is 2. The number of anilines is 1. The van der Waals surface area contributed by atoms with Gasteiger partial charge in [-0.15, -0.1) is 22.9 Å². The molecule has 0 unspecified atom stereocenters. The number of hydrogen-bond acceptors (Lipinski definition) is 3. The normalized spacial score (nSPS) is 16.6. The van der Waals surface area contributed by atoms with Gasteiger partial charge in [0, 0.05) is 24.2 Å². The summed E-state index contributed by atoms with van der Waals surface area (Å²) >= 11 is 7.36. The van der Waals surface area contributed by atoms with Crippen LogP contribution in [0.5, 0.6) is 0 Å². The number of rotatable bonds is 2. The highest BCUT2D eigenvalue weighted by Crippen LogP contribution is 2.26. The highest BCUT2D eigenvalue weighted by Gasteiger charge is 2.17. The maximum absolute atomic E-state index is 5.66. The Balaban J connectivity index is 2.11. The molecule has 0 aliphatic carbocycles. The van der Waals surface area contributed by atoms with Gasteiger partial charge in [0.15, 0.2) is 5.13 Å². The molecule has 2 nitrogen and oxygen atoms in total. The first-order valence-electron chi connectivity index (χ1n) is 3.66. The lowest BCUT2D eigenvalue weighted by Crippen LogP contribution is -2.36. The van der Waals surface area contributed by atoms with Gasteiger partial charge in [-0.05, 0) is 6.42 Å². The SMILES string of the molecule is ClCc1cnc(N2CCC2)s1. The van der Waals surface area contributed by atoms with Crippen LogP contribution in [0, 0.1) is 0 Å². The Kier molecular flexibility index (Phi) is 2.00. The molecular weight excluding hydrogens is 180 g/mol. The maximum Gasteiger partial charge on any atom is 0.185 e. The van der Waals surface area contributed by atoms with Crippen LogP contribution >= 0.6 is 22.9 Å². The van der Waals surface area contributed by atoms with Crippen molar-refractivity contribution in [3.63, 3.8) is 0 Å². The fourth-order valence-electron chi connectivity index (χ4n) is 1.01. The van der Waals surface area contributed by atoms with Crippen molar-refractivity contribution >= 4 is 28.1 Å². The highest BCUT2D eigenvalue weighted by molar-refractivity contribution is 7.15. The Bertz CT molecular complexity index is 244. The number of aromatic nitrogens is 1. The third-order valence-corrected chi connectivity index (χ3v) is 3.30. The van der Waals surface area contributed by atoms with Crippen molar-refractivity contribution in [3.8, 4) is 0 Å². The van der Waals surface area contributed by atoms with Gasteiger partial charge < -0.3 is 4.90 Å². The van der Waals surface area contributed by atoms with E-state index in [4.69, 9.17) is 11.6 Å². The first-order chi connectivity index (χ1) is 5.40. The van der Waals surface area contributed by atoms with Crippen molar-refractivity contribution in [2.75, 3.05) is 18.0 Å². The average molecular weight is 189 g/mol. The van der Waals surface area contributed by atoms with E-state index in [-0.39, 0.29) is 0 Å². The van der Waals surface area contributed by atoms with E-state index >= 15 is 0 Å². The topological polar surface area (TPSA) is 16.1 Å². The standard InChI is InChI=1S/C7H9ClN2S/c8-4-6-5-9-7(11-6)10-2-1-3-10/h5H,1-4H2. The van der Waals surface area contributed by atoms with Crippen LogP contribution in [-0.2, 0) is 5.88 Å². The molecule has 0 bridgehead atoms. The summed E-state index contributed by atoms with van der Waals surface area (Å²) in [7, 11) is 0. The molecule has 60 valence electrons. The number of halogens is 1. The summed E-state index contributed by atoms with van der Waals surface area (Å²) in [6, 6.07) is 0. The molecule has 1 fully saturated rings. The Morgan fingerprint density at radius 2 is 2.45 bits per heavy atom. The zero-order valence-electron chi connectivity index (χ0n) is 6.09. The minimum absolute atomic E-state index is 0.589. The Morgan fingerprint density at radius 1 is 1.64 bits per heavy atom. The first kappa shape index (κ1) is 7.37. The highest BCUT2D eigenvalue weighted by atomic mass is 35.5. The van der Waals surface area contributed by atoms with Gasteiger partial charge in [-0.1, -0.05) is 0 Å². The molecule has 0 saturated carbocycles. The Hall–Kier alpha value is -0.280. The van der Waals surface area contributed by atoms with E-state index in [1.807, 2.05) is 6.20 Å². The van der Waals surface area contributed by atoms with Gasteiger partial charge in [0.05, 0.1) is 5.88 Å². The van der Waals surface area contributed by atoms with Crippen molar-refractivity contribution in [1.82, 2.24) is 4.98 Å². The monoisotopic (exact) mass is 188 g/mol. The van der Waals surface area contributed by atoms with Crippen LogP contribution in [0.2, 0.25) is 0 Å². The van der Waals surface area contributed by atoms with Gasteiger partial charge in [0.2, 0.25) is 0 Å². The molecule has 1 aromatic heterocycles. The molecule has 0 amide bonds. The van der Waals surface area contributed by atoms with Crippen LogP contribution < -0.4 is 4.90 Å². The van der Waals surface area contributed by atoms with Crippen LogP contribution in [0.3, 0.4) is 0 Å². The summed E-state index contributed by atoms with van der Waals surface area (Å²) in [5.74, 6) is 0.589. The third-order valence-electron chi connectivity index (χ3n) is 1.80. The first-order valence-corrected chi connectivity index (χ1v) is 5.01. The quantitative estimate of drug-likeness (QED) is 0.661. The van der Waals surface area contributed by atoms with E-state index in [9.17, 15) is 0 Å². The smallest absolute Gasteiger partial charge is 0.185 e. The minimum atomic E-state index is 0.589. The van der Waals surface area contributed by atoms with Gasteiger partial charge in [-0.3, -0.25) is 0 Å². The van der Waals surface area contributed by atoms with E-state index in [0.717, 1.165) is 23.1 Å². The molecule has 1 saturated heterocycles. The fraction of sp³-hybridized carbons (Fsp3) is 0.571. The van der Waals surface area contributed by atoms with Crippen molar-refractivity contribution in [3.05, 3.63) is 11.1 Å². The number of alkyl halides is 1. The third kappa shape index (κ3) is 1.35. The molecule has 0 spiro atoms. The van der Waals surface area contributed by atoms with E-state index in [2.05, 4.69) is 9.88 Å². The van der Waals surface area contributed by atoms with E-state index in [0.29, 0.717) is 5.88 Å². The molecule has 2 rings (SSSR count). The largest absolute Gasteiger partial charge is 0.348 e. The second-order valence-electron chi connectivity index (χ2n) is 2.58. The van der Waals surface area contributed by atoms with Crippen LogP contribution in [0.1, 0.15) is 11.3 Å². The van der Waals surface area contributed by atoms with Gasteiger partial charge in [0.25, 0.3) is 0 Å². The maximum atomic E-state index is 5.66. The zero-order valence-corrected chi connectivity index (χ0v) is 7.66. The summed E-state index contributed by atoms with van der Waals surface area (Å²) in [6.45, 7) is 2.32. The summed E-state index contributed by atoms with van der Waals surface area (Å²) < 4.78 is 0. The van der Waals surface area contributed by atoms with E-state index in [1.54, 1.807) is 11.3 Å². The fourth-order valence-corrected chi connectivity index (χ4v) is 2.06. The van der Waals surface area contributed by atoms with Crippen molar-refractivity contribution < 1.29 is 0 Å². The van der Waals surface area contributed by atoms with Gasteiger partial charge in [-0.2, -0.15) is 0 Å². The lowest BCUT2D eigenvalue weighted by atomic mass is 10.2. The van der Waals surface area contributed by atoms with Gasteiger partial charge >= 0.3 is 0 Å². The summed E-state index contributed by atoms with van der Waals surface area (Å²) in [4.78, 5) is 7.71. The minimum Gasteiger partial charge on any atom is -0.348 e. The molecular formula is C7H9ClN2S. The second kappa shape index (κ2) is 2.99. The summed E-state index contributed by atoms with van der Waals surface area (Å²) in [6.07, 6.45) is 3.17. The second-order valence-corrected chi connectivity index (χ2v) is 3.94. The molecule has 4 heteroatoms. The molecule has 11 heavy (non-hydrogen) atoms. The Labute approximate surface area is 74.8 Å². The van der Waals surface area contributed by atoms with E-state index < -0.39 is 0 Å². The van der Waals surface area contributed by atoms with Gasteiger partial charge in [0.1, 0.15) is 0 Å². The lowest BCUT2D eigenvalue weighted by molar-refractivity contribution is 0.616. The van der Waals surface area contributed by atoms with Crippen molar-refractivity contribution in [2.45, 2.75) is 12.3 Å². The molecule has 1 aromatic rings. The molecule has 0 N–H and O–H groups in total. The van der Waals surface area contributed by atoms with Crippen molar-refractivity contribution in [1.29, 1.82) is 0 Å². The van der Waals surface area contributed by atoms with Crippen LogP contribution in [0.4, 0.5) is 5.13 Å². The molecule has 0 atom stereocenters. The average Bonchev–Trinajstić information content (AvgIpc) is 2.32. The van der Waals surface area contributed by atoms with E-state index in [1.165, 1.54) is 6.42 Å². The Morgan fingerprint density at radius 3 is 2.91 bits per heavy atom. The zero-order chi connectivity index (χ0) is 7.68. The number of hydrogen-bond donors (Lipinski definition) is 0.